The van der Waals surface area contributed by atoms with Gasteiger partial charge in [-0.3, -0.25) is 0 Å². The molecule has 2 aromatic carbocycles. The summed E-state index contributed by atoms with van der Waals surface area (Å²) >= 11 is 0. The second-order valence-corrected chi connectivity index (χ2v) is 6.81. The molecule has 0 heterocycles. The molecule has 0 saturated carbocycles. The van der Waals surface area contributed by atoms with Crippen LogP contribution in [0.1, 0.15) is 26.7 Å². The van der Waals surface area contributed by atoms with E-state index in [9.17, 15) is 8.42 Å². The van der Waals surface area contributed by atoms with E-state index in [1.165, 1.54) is 0 Å². The van der Waals surface area contributed by atoms with Crippen LogP contribution in [-0.2, 0) is 10.0 Å². The molecule has 1 N–H and O–H groups in total. The highest BCUT2D eigenvalue weighted by Gasteiger charge is 2.15. The van der Waals surface area contributed by atoms with E-state index in [4.69, 9.17) is 0 Å². The summed E-state index contributed by atoms with van der Waals surface area (Å²) in [5, 5.41) is 1.99. The van der Waals surface area contributed by atoms with Gasteiger partial charge in [-0.05, 0) is 28.8 Å². The predicted octanol–water partition coefficient (Wildman–Crippen LogP) is 3.55. The molecular formula is C16H21NO2S. The van der Waals surface area contributed by atoms with Gasteiger partial charge in [0.25, 0.3) is 0 Å². The molecule has 2 rings (SSSR count). The van der Waals surface area contributed by atoms with E-state index in [1.54, 1.807) is 12.1 Å². The molecule has 0 bridgehead atoms. The summed E-state index contributed by atoms with van der Waals surface area (Å²) in [6, 6.07) is 13.0. The third-order valence-electron chi connectivity index (χ3n) is 3.75. The molecule has 0 spiro atoms. The molecule has 20 heavy (non-hydrogen) atoms. The maximum absolute atomic E-state index is 12.3. The van der Waals surface area contributed by atoms with Gasteiger partial charge in [-0.25, -0.2) is 13.1 Å². The molecule has 0 aromatic heterocycles. The van der Waals surface area contributed by atoms with Crippen LogP contribution < -0.4 is 4.72 Å². The summed E-state index contributed by atoms with van der Waals surface area (Å²) in [5.74, 6) is 0.394. The second kappa shape index (κ2) is 6.37. The summed E-state index contributed by atoms with van der Waals surface area (Å²) in [4.78, 5) is 0.335. The number of benzene rings is 2. The zero-order valence-corrected chi connectivity index (χ0v) is 12.8. The summed E-state index contributed by atoms with van der Waals surface area (Å²) in [6.07, 6.45) is 1.97. The zero-order valence-electron chi connectivity index (χ0n) is 12.0. The molecule has 0 unspecified atom stereocenters. The number of hydrogen-bond acceptors (Lipinski definition) is 2. The molecule has 0 atom stereocenters. The van der Waals surface area contributed by atoms with Crippen molar-refractivity contribution in [2.24, 2.45) is 5.92 Å². The second-order valence-electron chi connectivity index (χ2n) is 5.04. The molecule has 0 fully saturated rings. The fraction of sp³-hybridized carbons (Fsp3) is 0.375. The number of nitrogens with one attached hydrogen (secondary N) is 1. The molecule has 0 aliphatic rings. The van der Waals surface area contributed by atoms with Crippen molar-refractivity contribution in [3.05, 3.63) is 42.5 Å². The predicted molar refractivity (Wildman–Crippen MR) is 83.2 cm³/mol. The monoisotopic (exact) mass is 291 g/mol. The standard InChI is InChI=1S/C16H21NO2S/c1-3-13(4-2)12-17-20(18,19)16-10-9-14-7-5-6-8-15(14)11-16/h5-11,13,17H,3-4,12H2,1-2H3. The minimum absolute atomic E-state index is 0.335. The van der Waals surface area contributed by atoms with Crippen LogP contribution in [0.3, 0.4) is 0 Å². The van der Waals surface area contributed by atoms with Gasteiger partial charge in [0.1, 0.15) is 0 Å². The Hall–Kier alpha value is -1.39. The van der Waals surface area contributed by atoms with E-state index in [1.807, 2.05) is 30.3 Å². The van der Waals surface area contributed by atoms with Gasteiger partial charge in [0, 0.05) is 6.54 Å². The summed E-state index contributed by atoms with van der Waals surface area (Å²) in [5.41, 5.74) is 0. The molecule has 0 aliphatic heterocycles. The SMILES string of the molecule is CCC(CC)CNS(=O)(=O)c1ccc2ccccc2c1. The molecule has 108 valence electrons. The van der Waals surface area contributed by atoms with Crippen LogP contribution in [0.15, 0.2) is 47.4 Å². The third kappa shape index (κ3) is 3.38. The van der Waals surface area contributed by atoms with E-state index in [2.05, 4.69) is 18.6 Å². The topological polar surface area (TPSA) is 46.2 Å². The van der Waals surface area contributed by atoms with Gasteiger partial charge in [-0.15, -0.1) is 0 Å². The van der Waals surface area contributed by atoms with Crippen molar-refractivity contribution in [1.82, 2.24) is 4.72 Å². The van der Waals surface area contributed by atoms with E-state index < -0.39 is 10.0 Å². The summed E-state index contributed by atoms with van der Waals surface area (Å²) < 4.78 is 27.3. The molecule has 0 radical (unpaired) electrons. The molecule has 4 heteroatoms. The minimum atomic E-state index is -3.42. The Balaban J connectivity index is 2.23. The quantitative estimate of drug-likeness (QED) is 0.884. The Bertz CT molecular complexity index is 676. The molecule has 3 nitrogen and oxygen atoms in total. The normalized spacial score (nSPS) is 12.2. The van der Waals surface area contributed by atoms with Gasteiger partial charge in [0.2, 0.25) is 10.0 Å². The lowest BCUT2D eigenvalue weighted by Gasteiger charge is -2.13. The Morgan fingerprint density at radius 2 is 1.65 bits per heavy atom. The number of hydrogen-bond donors (Lipinski definition) is 1. The molecule has 0 aliphatic carbocycles. The van der Waals surface area contributed by atoms with Gasteiger partial charge in [-0.2, -0.15) is 0 Å². The highest BCUT2D eigenvalue weighted by molar-refractivity contribution is 7.89. The van der Waals surface area contributed by atoms with E-state index in [-0.39, 0.29) is 0 Å². The van der Waals surface area contributed by atoms with E-state index in [0.717, 1.165) is 23.6 Å². The lowest BCUT2D eigenvalue weighted by molar-refractivity contribution is 0.479. The van der Waals surface area contributed by atoms with Crippen molar-refractivity contribution in [2.75, 3.05) is 6.54 Å². The van der Waals surface area contributed by atoms with Crippen molar-refractivity contribution >= 4 is 20.8 Å². The van der Waals surface area contributed by atoms with Crippen LogP contribution in [0.25, 0.3) is 10.8 Å². The van der Waals surface area contributed by atoms with Crippen LogP contribution in [0.5, 0.6) is 0 Å². The maximum atomic E-state index is 12.3. The fourth-order valence-electron chi connectivity index (χ4n) is 2.22. The number of sulfonamides is 1. The molecule has 0 amide bonds. The van der Waals surface area contributed by atoms with E-state index >= 15 is 0 Å². The van der Waals surface area contributed by atoms with Crippen molar-refractivity contribution in [3.8, 4) is 0 Å². The highest BCUT2D eigenvalue weighted by atomic mass is 32.2. The summed E-state index contributed by atoms with van der Waals surface area (Å²) in [7, 11) is -3.42. The molecule has 0 saturated heterocycles. The lowest BCUT2D eigenvalue weighted by atomic mass is 10.0. The van der Waals surface area contributed by atoms with Crippen LogP contribution in [-0.4, -0.2) is 15.0 Å². The first kappa shape index (κ1) is 15.0. The number of fused-ring (bicyclic) bond motifs is 1. The Labute approximate surface area is 121 Å². The third-order valence-corrected chi connectivity index (χ3v) is 5.17. The van der Waals surface area contributed by atoms with Gasteiger partial charge < -0.3 is 0 Å². The Morgan fingerprint density at radius 3 is 2.30 bits per heavy atom. The van der Waals surface area contributed by atoms with Gasteiger partial charge >= 0.3 is 0 Å². The highest BCUT2D eigenvalue weighted by Crippen LogP contribution is 2.19. The molecular weight excluding hydrogens is 270 g/mol. The van der Waals surface area contributed by atoms with Crippen LogP contribution >= 0.6 is 0 Å². The Kier molecular flexibility index (Phi) is 4.78. The molecule has 2 aromatic rings. The average Bonchev–Trinajstić information content (AvgIpc) is 2.47. The van der Waals surface area contributed by atoms with Crippen molar-refractivity contribution in [3.63, 3.8) is 0 Å². The van der Waals surface area contributed by atoms with Gasteiger partial charge in [-0.1, -0.05) is 57.0 Å². The number of rotatable bonds is 6. The first-order valence-corrected chi connectivity index (χ1v) is 8.53. The first-order chi connectivity index (χ1) is 9.56. The Morgan fingerprint density at radius 1 is 1.00 bits per heavy atom. The lowest BCUT2D eigenvalue weighted by Crippen LogP contribution is -2.29. The van der Waals surface area contributed by atoms with Crippen LogP contribution in [0.4, 0.5) is 0 Å². The van der Waals surface area contributed by atoms with Crippen molar-refractivity contribution in [2.45, 2.75) is 31.6 Å². The van der Waals surface area contributed by atoms with Gasteiger partial charge in [0.15, 0.2) is 0 Å². The average molecular weight is 291 g/mol. The fourth-order valence-corrected chi connectivity index (χ4v) is 3.37. The van der Waals surface area contributed by atoms with E-state index in [0.29, 0.717) is 17.4 Å². The smallest absolute Gasteiger partial charge is 0.211 e. The first-order valence-electron chi connectivity index (χ1n) is 7.05. The summed E-state index contributed by atoms with van der Waals surface area (Å²) in [6.45, 7) is 4.67. The van der Waals surface area contributed by atoms with Crippen molar-refractivity contribution in [1.29, 1.82) is 0 Å². The van der Waals surface area contributed by atoms with Crippen molar-refractivity contribution < 1.29 is 8.42 Å². The minimum Gasteiger partial charge on any atom is -0.211 e. The zero-order chi connectivity index (χ0) is 14.6. The largest absolute Gasteiger partial charge is 0.240 e. The van der Waals surface area contributed by atoms with Gasteiger partial charge in [0.05, 0.1) is 4.90 Å². The maximum Gasteiger partial charge on any atom is 0.240 e. The van der Waals surface area contributed by atoms with Crippen LogP contribution in [0.2, 0.25) is 0 Å². The van der Waals surface area contributed by atoms with Crippen LogP contribution in [0, 0.1) is 5.92 Å².